The Morgan fingerprint density at radius 1 is 1.41 bits per heavy atom. The number of aromatic nitrogens is 3. The first kappa shape index (κ1) is 11.4. The number of carbonyl (C=O) groups excluding carboxylic acids is 1. The maximum atomic E-state index is 10.7. The second-order valence-electron chi connectivity index (χ2n) is 3.79. The van der Waals surface area contributed by atoms with Crippen LogP contribution < -0.4 is 10.6 Å². The molecule has 17 heavy (non-hydrogen) atoms. The number of nitrogens with one attached hydrogen (secondary N) is 2. The fraction of sp³-hybridized carbons (Fsp3) is 0.364. The molecule has 0 bridgehead atoms. The van der Waals surface area contributed by atoms with Crippen molar-refractivity contribution in [1.29, 1.82) is 0 Å². The van der Waals surface area contributed by atoms with E-state index in [2.05, 4.69) is 20.6 Å². The maximum Gasteiger partial charge on any atom is 0.216 e. The number of pyridine rings is 1. The van der Waals surface area contributed by atoms with Crippen molar-refractivity contribution < 1.29 is 4.79 Å². The van der Waals surface area contributed by atoms with Gasteiger partial charge in [-0.15, -0.1) is 0 Å². The molecule has 0 aliphatic heterocycles. The number of hydrogen-bond acceptors (Lipinski definition) is 4. The molecule has 6 heteroatoms. The molecule has 90 valence electrons. The van der Waals surface area contributed by atoms with E-state index in [1.54, 1.807) is 12.5 Å². The standard InChI is InChI=1S/C11H15N5O/c1-8(17)12-5-6-14-11-10-9(3-4-13-11)16(2)7-15-10/h3-4,7H,5-6H2,1-2H3,(H,12,17)(H,13,14). The second-order valence-corrected chi connectivity index (χ2v) is 3.79. The van der Waals surface area contributed by atoms with Gasteiger partial charge in [0.05, 0.1) is 11.8 Å². The molecule has 2 N–H and O–H groups in total. The van der Waals surface area contributed by atoms with Crippen LogP contribution in [0.15, 0.2) is 18.6 Å². The quantitative estimate of drug-likeness (QED) is 0.755. The van der Waals surface area contributed by atoms with Gasteiger partial charge in [0.1, 0.15) is 5.52 Å². The average molecular weight is 233 g/mol. The Balaban J connectivity index is 2.06. The lowest BCUT2D eigenvalue weighted by Gasteiger charge is -2.06. The Labute approximate surface area is 99.1 Å². The molecule has 1 amide bonds. The number of fused-ring (bicyclic) bond motifs is 1. The molecule has 0 radical (unpaired) electrons. The van der Waals surface area contributed by atoms with Gasteiger partial charge in [-0.1, -0.05) is 0 Å². The van der Waals surface area contributed by atoms with E-state index in [-0.39, 0.29) is 5.91 Å². The largest absolute Gasteiger partial charge is 0.366 e. The summed E-state index contributed by atoms with van der Waals surface area (Å²) in [5.41, 5.74) is 1.87. The monoisotopic (exact) mass is 233 g/mol. The van der Waals surface area contributed by atoms with Crippen molar-refractivity contribution in [3.63, 3.8) is 0 Å². The van der Waals surface area contributed by atoms with Crippen LogP contribution in [0.1, 0.15) is 6.92 Å². The van der Waals surface area contributed by atoms with Gasteiger partial charge in [0.25, 0.3) is 0 Å². The zero-order valence-electron chi connectivity index (χ0n) is 9.90. The lowest BCUT2D eigenvalue weighted by molar-refractivity contribution is -0.118. The topological polar surface area (TPSA) is 71.8 Å². The third kappa shape index (κ3) is 2.52. The van der Waals surface area contributed by atoms with Gasteiger partial charge in [-0.25, -0.2) is 9.97 Å². The van der Waals surface area contributed by atoms with E-state index in [0.717, 1.165) is 16.9 Å². The number of nitrogens with zero attached hydrogens (tertiary/aromatic N) is 3. The summed E-state index contributed by atoms with van der Waals surface area (Å²) >= 11 is 0. The molecule has 0 spiro atoms. The molecule has 0 atom stereocenters. The van der Waals surface area contributed by atoms with Crippen LogP contribution in [0.4, 0.5) is 5.82 Å². The van der Waals surface area contributed by atoms with Crippen LogP contribution in [-0.4, -0.2) is 33.5 Å². The van der Waals surface area contributed by atoms with Crippen molar-refractivity contribution in [1.82, 2.24) is 19.9 Å². The van der Waals surface area contributed by atoms with Crippen LogP contribution in [0.2, 0.25) is 0 Å². The van der Waals surface area contributed by atoms with Gasteiger partial charge in [0, 0.05) is 33.3 Å². The predicted octanol–water partition coefficient (Wildman–Crippen LogP) is 0.516. The SMILES string of the molecule is CC(=O)NCCNc1nccc2c1ncn2C. The van der Waals surface area contributed by atoms with Crippen LogP contribution in [0, 0.1) is 0 Å². The van der Waals surface area contributed by atoms with Crippen molar-refractivity contribution >= 4 is 22.8 Å². The normalized spacial score (nSPS) is 10.5. The van der Waals surface area contributed by atoms with Crippen molar-refractivity contribution in [3.8, 4) is 0 Å². The minimum absolute atomic E-state index is 0.0317. The van der Waals surface area contributed by atoms with Crippen LogP contribution in [0.25, 0.3) is 11.0 Å². The maximum absolute atomic E-state index is 10.7. The third-order valence-electron chi connectivity index (χ3n) is 2.43. The zero-order chi connectivity index (χ0) is 12.3. The highest BCUT2D eigenvalue weighted by Crippen LogP contribution is 2.17. The Morgan fingerprint density at radius 3 is 3.00 bits per heavy atom. The van der Waals surface area contributed by atoms with Gasteiger partial charge in [-0.05, 0) is 6.07 Å². The molecular weight excluding hydrogens is 218 g/mol. The van der Waals surface area contributed by atoms with E-state index < -0.39 is 0 Å². The van der Waals surface area contributed by atoms with Gasteiger partial charge in [-0.3, -0.25) is 4.79 Å². The first-order valence-electron chi connectivity index (χ1n) is 5.43. The molecule has 6 nitrogen and oxygen atoms in total. The average Bonchev–Trinajstić information content (AvgIpc) is 2.67. The molecule has 2 aromatic rings. The molecule has 0 fully saturated rings. The van der Waals surface area contributed by atoms with E-state index in [0.29, 0.717) is 13.1 Å². The summed E-state index contributed by atoms with van der Waals surface area (Å²) in [4.78, 5) is 19.2. The van der Waals surface area contributed by atoms with Crippen molar-refractivity contribution in [2.75, 3.05) is 18.4 Å². The van der Waals surface area contributed by atoms with Crippen LogP contribution in [0.3, 0.4) is 0 Å². The summed E-state index contributed by atoms with van der Waals surface area (Å²) in [7, 11) is 1.94. The molecule has 0 aliphatic rings. The van der Waals surface area contributed by atoms with Crippen molar-refractivity contribution in [2.24, 2.45) is 7.05 Å². The number of imidazole rings is 1. The molecule has 0 aliphatic carbocycles. The summed E-state index contributed by atoms with van der Waals surface area (Å²) in [6.45, 7) is 2.69. The molecule has 0 saturated carbocycles. The highest BCUT2D eigenvalue weighted by atomic mass is 16.1. The van der Waals surface area contributed by atoms with Gasteiger partial charge >= 0.3 is 0 Å². The smallest absolute Gasteiger partial charge is 0.216 e. The Bertz CT molecular complexity index is 534. The summed E-state index contributed by atoms with van der Waals surface area (Å²) in [5.74, 6) is 0.712. The Morgan fingerprint density at radius 2 is 2.24 bits per heavy atom. The molecular formula is C11H15N5O. The molecule has 2 heterocycles. The minimum Gasteiger partial charge on any atom is -0.366 e. The highest BCUT2D eigenvalue weighted by molar-refractivity contribution is 5.85. The third-order valence-corrected chi connectivity index (χ3v) is 2.43. The lowest BCUT2D eigenvalue weighted by Crippen LogP contribution is -2.26. The summed E-state index contributed by atoms with van der Waals surface area (Å²) in [5, 5.41) is 5.87. The van der Waals surface area contributed by atoms with Gasteiger partial charge in [0.15, 0.2) is 5.82 Å². The van der Waals surface area contributed by atoms with Gasteiger partial charge in [0.2, 0.25) is 5.91 Å². The predicted molar refractivity (Wildman–Crippen MR) is 65.7 cm³/mol. The minimum atomic E-state index is -0.0317. The fourth-order valence-corrected chi connectivity index (χ4v) is 1.61. The van der Waals surface area contributed by atoms with Crippen molar-refractivity contribution in [3.05, 3.63) is 18.6 Å². The highest BCUT2D eigenvalue weighted by Gasteiger charge is 2.05. The molecule has 0 unspecified atom stereocenters. The van der Waals surface area contributed by atoms with Crippen molar-refractivity contribution in [2.45, 2.75) is 6.92 Å². The Kier molecular flexibility index (Phi) is 3.22. The number of rotatable bonds is 4. The number of hydrogen-bond donors (Lipinski definition) is 2. The lowest BCUT2D eigenvalue weighted by atomic mass is 10.3. The zero-order valence-corrected chi connectivity index (χ0v) is 9.90. The molecule has 0 saturated heterocycles. The first-order valence-corrected chi connectivity index (χ1v) is 5.43. The number of amides is 1. The summed E-state index contributed by atoms with van der Waals surface area (Å²) < 4.78 is 1.94. The van der Waals surface area contributed by atoms with Gasteiger partial charge in [-0.2, -0.15) is 0 Å². The summed E-state index contributed by atoms with van der Waals surface area (Å²) in [6.07, 6.45) is 3.50. The molecule has 2 aromatic heterocycles. The van der Waals surface area contributed by atoms with E-state index in [9.17, 15) is 4.79 Å². The fourth-order valence-electron chi connectivity index (χ4n) is 1.61. The molecule has 2 rings (SSSR count). The Hall–Kier alpha value is -2.11. The van der Waals surface area contributed by atoms with E-state index in [1.165, 1.54) is 6.92 Å². The van der Waals surface area contributed by atoms with Crippen LogP contribution in [-0.2, 0) is 11.8 Å². The van der Waals surface area contributed by atoms with E-state index >= 15 is 0 Å². The van der Waals surface area contributed by atoms with Crippen LogP contribution >= 0.6 is 0 Å². The van der Waals surface area contributed by atoms with Crippen LogP contribution in [0.5, 0.6) is 0 Å². The second kappa shape index (κ2) is 4.82. The van der Waals surface area contributed by atoms with E-state index in [4.69, 9.17) is 0 Å². The van der Waals surface area contributed by atoms with Gasteiger partial charge < -0.3 is 15.2 Å². The number of anilines is 1. The summed E-state index contributed by atoms with van der Waals surface area (Å²) in [6, 6.07) is 1.92. The first-order chi connectivity index (χ1) is 8.18. The molecule has 0 aromatic carbocycles. The van der Waals surface area contributed by atoms with E-state index in [1.807, 2.05) is 17.7 Å². The number of carbonyl (C=O) groups is 1. The number of aryl methyl sites for hydroxylation is 1.